The molecule has 38 heavy (non-hydrogen) atoms. The van der Waals surface area contributed by atoms with Gasteiger partial charge in [-0.3, -0.25) is 19.4 Å². The van der Waals surface area contributed by atoms with Crippen LogP contribution in [0.1, 0.15) is 87.3 Å². The second-order valence-corrected chi connectivity index (χ2v) is 10.4. The van der Waals surface area contributed by atoms with Gasteiger partial charge in [-0.15, -0.1) is 0 Å². The number of nitrogens with one attached hydrogen (secondary N) is 1. The van der Waals surface area contributed by atoms with Gasteiger partial charge in [0.15, 0.2) is 0 Å². The van der Waals surface area contributed by atoms with Crippen molar-refractivity contribution in [1.29, 1.82) is 0 Å². The molecule has 2 aromatic carbocycles. The Hall–Kier alpha value is -3.55. The fraction of sp³-hybridized carbons (Fsp3) is 0.467. The summed E-state index contributed by atoms with van der Waals surface area (Å²) in [5.74, 6) is 0.354. The maximum absolute atomic E-state index is 14.0. The maximum atomic E-state index is 14.0. The first-order valence-electron chi connectivity index (χ1n) is 13.3. The molecular weight excluding hydrogens is 485 g/mol. The summed E-state index contributed by atoms with van der Waals surface area (Å²) in [5, 5.41) is 9.80. The Bertz CT molecular complexity index is 1140. The highest BCUT2D eigenvalue weighted by molar-refractivity contribution is 6.46. The van der Waals surface area contributed by atoms with Crippen LogP contribution in [0.2, 0.25) is 0 Å². The average molecular weight is 524 g/mol. The minimum absolute atomic E-state index is 0.0861. The molecular formula is C30H38FN3O4. The van der Waals surface area contributed by atoms with Crippen LogP contribution < -0.4 is 5.32 Å². The van der Waals surface area contributed by atoms with E-state index in [0.717, 1.165) is 37.7 Å². The summed E-state index contributed by atoms with van der Waals surface area (Å²) in [6.45, 7) is 8.96. The molecule has 3 atom stereocenters. The molecule has 204 valence electrons. The molecule has 1 aliphatic carbocycles. The van der Waals surface area contributed by atoms with Crippen LogP contribution in [0.3, 0.4) is 0 Å². The second-order valence-electron chi connectivity index (χ2n) is 10.4. The van der Waals surface area contributed by atoms with Gasteiger partial charge in [0.1, 0.15) is 17.2 Å². The SMILES string of the molecule is CCCNC(=O)c1ccc(C(CC)N2C(=O)C(c3ccc(F)cc3)=NC23CC(C)CC(C)C3)cc1.O=CO. The lowest BCUT2D eigenvalue weighted by molar-refractivity contribution is -0.134. The predicted octanol–water partition coefficient (Wildman–Crippen LogP) is 5.60. The van der Waals surface area contributed by atoms with E-state index in [-0.39, 0.29) is 30.1 Å². The minimum Gasteiger partial charge on any atom is -0.483 e. The van der Waals surface area contributed by atoms with E-state index in [4.69, 9.17) is 14.9 Å². The lowest BCUT2D eigenvalue weighted by Crippen LogP contribution is -2.52. The summed E-state index contributed by atoms with van der Waals surface area (Å²) in [5.41, 5.74) is 2.06. The van der Waals surface area contributed by atoms with E-state index >= 15 is 0 Å². The first kappa shape index (κ1) is 29.0. The lowest BCUT2D eigenvalue weighted by atomic mass is 9.75. The highest BCUT2D eigenvalue weighted by Gasteiger charge is 2.52. The molecule has 1 spiro atoms. The van der Waals surface area contributed by atoms with Crippen LogP contribution in [-0.4, -0.2) is 46.2 Å². The summed E-state index contributed by atoms with van der Waals surface area (Å²) in [6.07, 6.45) is 4.34. The molecule has 3 unspecified atom stereocenters. The predicted molar refractivity (Wildman–Crippen MR) is 145 cm³/mol. The number of benzene rings is 2. The first-order valence-corrected chi connectivity index (χ1v) is 13.3. The van der Waals surface area contributed by atoms with E-state index in [1.165, 1.54) is 12.1 Å². The fourth-order valence-corrected chi connectivity index (χ4v) is 5.95. The highest BCUT2D eigenvalue weighted by Crippen LogP contribution is 2.48. The molecule has 0 radical (unpaired) electrons. The van der Waals surface area contributed by atoms with Crippen LogP contribution >= 0.6 is 0 Å². The lowest BCUT2D eigenvalue weighted by Gasteiger charge is -2.47. The van der Waals surface area contributed by atoms with Gasteiger partial charge in [-0.1, -0.05) is 39.8 Å². The van der Waals surface area contributed by atoms with Crippen LogP contribution in [0.4, 0.5) is 4.39 Å². The van der Waals surface area contributed by atoms with E-state index < -0.39 is 5.66 Å². The third-order valence-electron chi connectivity index (χ3n) is 7.25. The van der Waals surface area contributed by atoms with Crippen molar-refractivity contribution >= 4 is 24.0 Å². The van der Waals surface area contributed by atoms with Gasteiger partial charge in [-0.05, 0) is 85.9 Å². The van der Waals surface area contributed by atoms with E-state index in [0.29, 0.717) is 35.2 Å². The van der Waals surface area contributed by atoms with Crippen molar-refractivity contribution in [1.82, 2.24) is 10.2 Å². The van der Waals surface area contributed by atoms with Crippen molar-refractivity contribution in [3.63, 3.8) is 0 Å². The number of hydrogen-bond acceptors (Lipinski definition) is 4. The average Bonchev–Trinajstić information content (AvgIpc) is 3.14. The number of nitrogens with zero attached hydrogens (tertiary/aromatic N) is 2. The molecule has 2 aromatic rings. The molecule has 7 nitrogen and oxygen atoms in total. The number of rotatable bonds is 7. The molecule has 4 rings (SSSR count). The number of aliphatic imine (C=N–C) groups is 1. The number of carbonyl (C=O) groups excluding carboxylic acids is 2. The fourth-order valence-electron chi connectivity index (χ4n) is 5.95. The number of carboxylic acid groups (broad SMARTS) is 1. The maximum Gasteiger partial charge on any atom is 0.290 e. The van der Waals surface area contributed by atoms with Crippen molar-refractivity contribution in [2.24, 2.45) is 16.8 Å². The Kier molecular flexibility index (Phi) is 9.78. The largest absolute Gasteiger partial charge is 0.483 e. The molecule has 8 heteroatoms. The smallest absolute Gasteiger partial charge is 0.290 e. The Labute approximate surface area is 224 Å². The molecule has 0 saturated heterocycles. The number of hydrogen-bond donors (Lipinski definition) is 2. The van der Waals surface area contributed by atoms with Crippen LogP contribution in [0.5, 0.6) is 0 Å². The zero-order chi connectivity index (χ0) is 27.9. The summed E-state index contributed by atoms with van der Waals surface area (Å²) < 4.78 is 13.6. The minimum atomic E-state index is -0.615. The van der Waals surface area contributed by atoms with Crippen molar-refractivity contribution in [3.05, 3.63) is 71.0 Å². The summed E-state index contributed by atoms with van der Waals surface area (Å²) in [6, 6.07) is 13.5. The summed E-state index contributed by atoms with van der Waals surface area (Å²) in [4.78, 5) is 41.8. The van der Waals surface area contributed by atoms with Gasteiger partial charge >= 0.3 is 0 Å². The molecule has 1 fully saturated rings. The molecule has 1 saturated carbocycles. The van der Waals surface area contributed by atoms with E-state index in [1.807, 2.05) is 36.1 Å². The normalized spacial score (nSPS) is 23.3. The molecule has 2 aliphatic rings. The van der Waals surface area contributed by atoms with Crippen molar-refractivity contribution in [2.45, 2.75) is 71.5 Å². The van der Waals surface area contributed by atoms with Gasteiger partial charge in [0.05, 0.1) is 6.04 Å². The van der Waals surface area contributed by atoms with Crippen molar-refractivity contribution in [2.75, 3.05) is 6.54 Å². The Balaban J connectivity index is 0.00000127. The van der Waals surface area contributed by atoms with Crippen molar-refractivity contribution in [3.8, 4) is 0 Å². The summed E-state index contributed by atoms with van der Waals surface area (Å²) in [7, 11) is 0. The third kappa shape index (κ3) is 6.29. The Morgan fingerprint density at radius 2 is 1.71 bits per heavy atom. The van der Waals surface area contributed by atoms with Gasteiger partial charge < -0.3 is 15.3 Å². The van der Waals surface area contributed by atoms with Gasteiger partial charge in [0.25, 0.3) is 18.3 Å². The van der Waals surface area contributed by atoms with Crippen LogP contribution in [0.15, 0.2) is 53.5 Å². The molecule has 1 aliphatic heterocycles. The third-order valence-corrected chi connectivity index (χ3v) is 7.25. The summed E-state index contributed by atoms with van der Waals surface area (Å²) >= 11 is 0. The molecule has 0 aromatic heterocycles. The standard InChI is InChI=1S/C29H36FN3O2.CH2O2/c1-5-15-31-27(34)23-9-7-21(8-10-23)25(6-2)33-28(35)26(22-11-13-24(30)14-12-22)32-29(33)17-19(3)16-20(4)18-29;2-1-3/h7-14,19-20,25H,5-6,15-18H2,1-4H3,(H,31,34);1H,(H,2,3). The first-order chi connectivity index (χ1) is 18.2. The topological polar surface area (TPSA) is 99.1 Å². The van der Waals surface area contributed by atoms with Crippen LogP contribution in [0, 0.1) is 17.7 Å². The van der Waals surface area contributed by atoms with Gasteiger partial charge in [0.2, 0.25) is 0 Å². The van der Waals surface area contributed by atoms with E-state index in [9.17, 15) is 14.0 Å². The van der Waals surface area contributed by atoms with Gasteiger partial charge in [0, 0.05) is 17.7 Å². The molecule has 2 N–H and O–H groups in total. The van der Waals surface area contributed by atoms with E-state index in [1.54, 1.807) is 12.1 Å². The quantitative estimate of drug-likeness (QED) is 0.462. The number of amides is 2. The number of halogens is 1. The molecule has 1 heterocycles. The van der Waals surface area contributed by atoms with Crippen molar-refractivity contribution < 1.29 is 23.9 Å². The van der Waals surface area contributed by atoms with Crippen LogP contribution in [-0.2, 0) is 9.59 Å². The number of carbonyl (C=O) groups is 3. The zero-order valence-corrected chi connectivity index (χ0v) is 22.6. The van der Waals surface area contributed by atoms with Crippen LogP contribution in [0.25, 0.3) is 0 Å². The highest BCUT2D eigenvalue weighted by atomic mass is 19.1. The monoisotopic (exact) mass is 523 g/mol. The second kappa shape index (κ2) is 12.8. The molecule has 0 bridgehead atoms. The Morgan fingerprint density at radius 1 is 1.13 bits per heavy atom. The van der Waals surface area contributed by atoms with E-state index in [2.05, 4.69) is 26.1 Å². The Morgan fingerprint density at radius 3 is 2.24 bits per heavy atom. The van der Waals surface area contributed by atoms with Gasteiger partial charge in [-0.2, -0.15) is 0 Å². The van der Waals surface area contributed by atoms with Gasteiger partial charge in [-0.25, -0.2) is 4.39 Å². The molecule has 2 amide bonds. The zero-order valence-electron chi connectivity index (χ0n) is 22.6.